The summed E-state index contributed by atoms with van der Waals surface area (Å²) in [6.45, 7) is 1.32. The van der Waals surface area contributed by atoms with Crippen LogP contribution in [0.3, 0.4) is 0 Å². The van der Waals surface area contributed by atoms with E-state index in [0.717, 1.165) is 0 Å². The first-order chi connectivity index (χ1) is 12.0. The number of aliphatic hydroxyl groups excluding tert-OH is 1. The van der Waals surface area contributed by atoms with Crippen LogP contribution in [0.1, 0.15) is 27.6 Å². The fourth-order valence-electron chi connectivity index (χ4n) is 3.17. The molecule has 5 heteroatoms. The number of hydrogen-bond acceptors (Lipinski definition) is 4. The number of aliphatic hydroxyl groups is 1. The number of ketones is 2. The summed E-state index contributed by atoms with van der Waals surface area (Å²) in [7, 11) is 0. The van der Waals surface area contributed by atoms with Crippen molar-refractivity contribution in [2.24, 2.45) is 5.92 Å². The average Bonchev–Trinajstić information content (AvgIpc) is 2.64. The molecular weight excluding hydrogens is 318 g/mol. The van der Waals surface area contributed by atoms with Crippen LogP contribution in [0.4, 0.5) is 0 Å². The smallest absolute Gasteiger partial charge is 0.231 e. The van der Waals surface area contributed by atoms with Crippen LogP contribution in [0.15, 0.2) is 60.7 Å². The third kappa shape index (κ3) is 3.23. The van der Waals surface area contributed by atoms with Gasteiger partial charge in [-0.2, -0.15) is 0 Å². The maximum Gasteiger partial charge on any atom is 0.231 e. The molecule has 1 heterocycles. The van der Waals surface area contributed by atoms with Gasteiger partial charge < -0.3 is 10.0 Å². The van der Waals surface area contributed by atoms with Gasteiger partial charge in [-0.3, -0.25) is 14.4 Å². The van der Waals surface area contributed by atoms with Gasteiger partial charge >= 0.3 is 0 Å². The largest absolute Gasteiger partial charge is 0.392 e. The van der Waals surface area contributed by atoms with E-state index in [1.54, 1.807) is 60.7 Å². The van der Waals surface area contributed by atoms with Gasteiger partial charge in [0.05, 0.1) is 18.6 Å². The summed E-state index contributed by atoms with van der Waals surface area (Å²) in [5, 5.41) is 9.89. The molecule has 0 saturated carbocycles. The average molecular weight is 337 g/mol. The molecular formula is C20H19NO4. The lowest BCUT2D eigenvalue weighted by Gasteiger charge is -2.47. The second kappa shape index (κ2) is 6.99. The molecule has 0 aliphatic carbocycles. The molecule has 1 amide bonds. The van der Waals surface area contributed by atoms with Crippen molar-refractivity contribution >= 4 is 17.5 Å². The van der Waals surface area contributed by atoms with Crippen molar-refractivity contribution < 1.29 is 19.5 Å². The van der Waals surface area contributed by atoms with Crippen LogP contribution in [0, 0.1) is 5.92 Å². The molecule has 0 radical (unpaired) electrons. The van der Waals surface area contributed by atoms with E-state index in [4.69, 9.17) is 0 Å². The van der Waals surface area contributed by atoms with Crippen LogP contribution in [-0.4, -0.2) is 46.2 Å². The Morgan fingerprint density at radius 2 is 1.52 bits per heavy atom. The summed E-state index contributed by atoms with van der Waals surface area (Å²) in [5.41, 5.74) is 0.949. The zero-order valence-electron chi connectivity index (χ0n) is 13.8. The van der Waals surface area contributed by atoms with Crippen LogP contribution in [0.5, 0.6) is 0 Å². The molecule has 2 aromatic carbocycles. The van der Waals surface area contributed by atoms with Crippen molar-refractivity contribution in [3.63, 3.8) is 0 Å². The predicted octanol–water partition coefficient (Wildman–Crippen LogP) is 1.96. The van der Waals surface area contributed by atoms with E-state index in [9.17, 15) is 19.5 Å². The Hall–Kier alpha value is -2.79. The van der Waals surface area contributed by atoms with Gasteiger partial charge in [0.2, 0.25) is 5.91 Å². The van der Waals surface area contributed by atoms with Crippen LogP contribution in [0.25, 0.3) is 0 Å². The zero-order valence-corrected chi connectivity index (χ0v) is 13.8. The minimum Gasteiger partial charge on any atom is -0.392 e. The second-order valence-electron chi connectivity index (χ2n) is 6.20. The molecule has 1 fully saturated rings. The number of carbonyl (C=O) groups is 3. The van der Waals surface area contributed by atoms with E-state index in [-0.39, 0.29) is 24.0 Å². The lowest BCUT2D eigenvalue weighted by atomic mass is 9.78. The van der Waals surface area contributed by atoms with Crippen LogP contribution in [0.2, 0.25) is 0 Å². The monoisotopic (exact) mass is 337 g/mol. The molecule has 0 aromatic heterocycles. The number of amides is 1. The van der Waals surface area contributed by atoms with Crippen LogP contribution in [-0.2, 0) is 4.79 Å². The molecule has 128 valence electrons. The SMILES string of the molecule is CC(O)[C@@H]1C(=O)N(CC(=O)c2ccccc2)[C@H]1C(=O)c1ccccc1. The van der Waals surface area contributed by atoms with E-state index < -0.39 is 18.1 Å². The summed E-state index contributed by atoms with van der Waals surface area (Å²) in [5.74, 6) is -1.67. The first-order valence-electron chi connectivity index (χ1n) is 8.16. The highest BCUT2D eigenvalue weighted by Crippen LogP contribution is 2.32. The van der Waals surface area contributed by atoms with Gasteiger partial charge in [-0.25, -0.2) is 0 Å². The first-order valence-corrected chi connectivity index (χ1v) is 8.16. The third-order valence-corrected chi connectivity index (χ3v) is 4.50. The maximum atomic E-state index is 12.8. The van der Waals surface area contributed by atoms with E-state index in [1.165, 1.54) is 11.8 Å². The molecule has 5 nitrogen and oxygen atoms in total. The van der Waals surface area contributed by atoms with Crippen LogP contribution < -0.4 is 0 Å². The first kappa shape index (κ1) is 17.0. The molecule has 1 unspecified atom stereocenters. The van der Waals surface area contributed by atoms with Gasteiger partial charge in [0.1, 0.15) is 6.04 Å². The summed E-state index contributed by atoms with van der Waals surface area (Å²) in [4.78, 5) is 38.9. The zero-order chi connectivity index (χ0) is 18.0. The Balaban J connectivity index is 1.83. The fraction of sp³-hybridized carbons (Fsp3) is 0.250. The highest BCUT2D eigenvalue weighted by molar-refractivity contribution is 6.10. The predicted molar refractivity (Wildman–Crippen MR) is 92.2 cm³/mol. The Morgan fingerprint density at radius 1 is 1.00 bits per heavy atom. The van der Waals surface area contributed by atoms with Gasteiger partial charge in [0, 0.05) is 11.1 Å². The molecule has 1 aliphatic heterocycles. The number of carbonyl (C=O) groups excluding carboxylic acids is 3. The topological polar surface area (TPSA) is 74.7 Å². The van der Waals surface area contributed by atoms with E-state index >= 15 is 0 Å². The Labute approximate surface area is 145 Å². The number of Topliss-reactive ketones (excluding diaryl/α,β-unsaturated/α-hetero) is 2. The summed E-state index contributed by atoms with van der Waals surface area (Å²) in [6, 6.07) is 16.4. The second-order valence-corrected chi connectivity index (χ2v) is 6.20. The Kier molecular flexibility index (Phi) is 4.76. The number of rotatable bonds is 6. The summed E-state index contributed by atoms with van der Waals surface area (Å²) in [6.07, 6.45) is -0.951. The Morgan fingerprint density at radius 3 is 2.04 bits per heavy atom. The van der Waals surface area contributed by atoms with Gasteiger partial charge in [-0.1, -0.05) is 60.7 Å². The van der Waals surface area contributed by atoms with Gasteiger partial charge in [-0.05, 0) is 6.92 Å². The molecule has 1 aliphatic rings. The highest BCUT2D eigenvalue weighted by Gasteiger charge is 2.53. The van der Waals surface area contributed by atoms with Crippen molar-refractivity contribution in [2.45, 2.75) is 19.1 Å². The van der Waals surface area contributed by atoms with E-state index in [0.29, 0.717) is 11.1 Å². The summed E-state index contributed by atoms with van der Waals surface area (Å²) < 4.78 is 0. The van der Waals surface area contributed by atoms with Crippen molar-refractivity contribution in [1.29, 1.82) is 0 Å². The molecule has 25 heavy (non-hydrogen) atoms. The molecule has 1 N–H and O–H groups in total. The quantitative estimate of drug-likeness (QED) is 0.646. The van der Waals surface area contributed by atoms with Crippen molar-refractivity contribution in [1.82, 2.24) is 4.90 Å². The number of benzene rings is 2. The van der Waals surface area contributed by atoms with Crippen LogP contribution >= 0.6 is 0 Å². The van der Waals surface area contributed by atoms with Crippen molar-refractivity contribution in [2.75, 3.05) is 6.54 Å². The number of nitrogens with zero attached hydrogens (tertiary/aromatic N) is 1. The number of likely N-dealkylation sites (tertiary alicyclic amines) is 1. The van der Waals surface area contributed by atoms with Gasteiger partial charge in [0.15, 0.2) is 11.6 Å². The normalized spacial score (nSPS) is 20.7. The maximum absolute atomic E-state index is 12.8. The Bertz CT molecular complexity index is 786. The van der Waals surface area contributed by atoms with Gasteiger partial charge in [0.25, 0.3) is 0 Å². The number of hydrogen-bond donors (Lipinski definition) is 1. The molecule has 2 aromatic rings. The lowest BCUT2D eigenvalue weighted by molar-refractivity contribution is -0.158. The minimum absolute atomic E-state index is 0.171. The number of β-lactam (4-membered cyclic amide) rings is 1. The molecule has 0 spiro atoms. The van der Waals surface area contributed by atoms with Gasteiger partial charge in [-0.15, -0.1) is 0 Å². The molecule has 1 saturated heterocycles. The van der Waals surface area contributed by atoms with E-state index in [1.807, 2.05) is 0 Å². The van der Waals surface area contributed by atoms with Crippen molar-refractivity contribution in [3.8, 4) is 0 Å². The fourth-order valence-corrected chi connectivity index (χ4v) is 3.17. The summed E-state index contributed by atoms with van der Waals surface area (Å²) >= 11 is 0. The van der Waals surface area contributed by atoms with E-state index in [2.05, 4.69) is 0 Å². The molecule has 3 rings (SSSR count). The molecule has 0 bridgehead atoms. The lowest BCUT2D eigenvalue weighted by Crippen LogP contribution is -2.68. The highest BCUT2D eigenvalue weighted by atomic mass is 16.3. The van der Waals surface area contributed by atoms with Crippen molar-refractivity contribution in [3.05, 3.63) is 71.8 Å². The minimum atomic E-state index is -0.951. The molecule has 3 atom stereocenters. The third-order valence-electron chi connectivity index (χ3n) is 4.50. The standard InChI is InChI=1S/C20H19NO4/c1-13(22)17-18(19(24)15-10-6-3-7-11-15)21(20(17)25)12-16(23)14-8-4-2-5-9-14/h2-11,13,17-18,22H,12H2,1H3/t13?,17-,18+/m0/s1.